The van der Waals surface area contributed by atoms with E-state index in [-0.39, 0.29) is 0 Å². The first kappa shape index (κ1) is 11.0. The van der Waals surface area contributed by atoms with Gasteiger partial charge in [-0.3, -0.25) is 4.90 Å². The first-order valence-electron chi connectivity index (χ1n) is 5.71. The maximum atomic E-state index is 3.63. The summed E-state index contributed by atoms with van der Waals surface area (Å²) < 4.78 is 0. The number of hydrogen-bond donors (Lipinski definition) is 1. The molecule has 1 N–H and O–H groups in total. The average Bonchev–Trinajstić information content (AvgIpc) is 2.53. The topological polar surface area (TPSA) is 15.3 Å². The van der Waals surface area contributed by atoms with Crippen molar-refractivity contribution in [2.45, 2.75) is 52.1 Å². The van der Waals surface area contributed by atoms with Gasteiger partial charge in [-0.25, -0.2) is 0 Å². The van der Waals surface area contributed by atoms with Gasteiger partial charge in [-0.05, 0) is 39.8 Å². The molecule has 0 amide bonds. The predicted octanol–water partition coefficient (Wildman–Crippen LogP) is 1.86. The zero-order valence-electron chi connectivity index (χ0n) is 9.34. The van der Waals surface area contributed by atoms with Gasteiger partial charge in [0.05, 0.1) is 0 Å². The van der Waals surface area contributed by atoms with Crippen molar-refractivity contribution in [1.82, 2.24) is 10.2 Å². The van der Waals surface area contributed by atoms with E-state index in [0.29, 0.717) is 0 Å². The van der Waals surface area contributed by atoms with E-state index in [1.165, 1.54) is 38.9 Å². The standard InChI is InChI=1S/C11H24N2/c1-4-5-7-12-11-6-8-13(9-11)10(2)3/h10-12H,4-9H2,1-3H3. The van der Waals surface area contributed by atoms with Gasteiger partial charge < -0.3 is 5.32 Å². The highest BCUT2D eigenvalue weighted by atomic mass is 15.2. The summed E-state index contributed by atoms with van der Waals surface area (Å²) in [5.41, 5.74) is 0. The van der Waals surface area contributed by atoms with Gasteiger partial charge in [-0.1, -0.05) is 13.3 Å². The van der Waals surface area contributed by atoms with Crippen LogP contribution >= 0.6 is 0 Å². The Bertz CT molecular complexity index is 134. The molecule has 0 aliphatic carbocycles. The molecule has 0 aromatic heterocycles. The lowest BCUT2D eigenvalue weighted by Crippen LogP contribution is -2.35. The van der Waals surface area contributed by atoms with Crippen molar-refractivity contribution in [3.05, 3.63) is 0 Å². The third kappa shape index (κ3) is 3.65. The van der Waals surface area contributed by atoms with Crippen LogP contribution < -0.4 is 5.32 Å². The summed E-state index contributed by atoms with van der Waals surface area (Å²) in [6.45, 7) is 10.6. The summed E-state index contributed by atoms with van der Waals surface area (Å²) in [5, 5.41) is 3.63. The zero-order chi connectivity index (χ0) is 9.68. The number of nitrogens with one attached hydrogen (secondary N) is 1. The molecular weight excluding hydrogens is 160 g/mol. The van der Waals surface area contributed by atoms with E-state index in [1.807, 2.05) is 0 Å². The van der Waals surface area contributed by atoms with Crippen molar-refractivity contribution in [2.24, 2.45) is 0 Å². The summed E-state index contributed by atoms with van der Waals surface area (Å²) >= 11 is 0. The van der Waals surface area contributed by atoms with Gasteiger partial charge in [0.1, 0.15) is 0 Å². The molecule has 0 aromatic rings. The Morgan fingerprint density at radius 3 is 2.77 bits per heavy atom. The Hall–Kier alpha value is -0.0800. The smallest absolute Gasteiger partial charge is 0.0207 e. The van der Waals surface area contributed by atoms with E-state index in [4.69, 9.17) is 0 Å². The molecular formula is C11H24N2. The molecule has 1 heterocycles. The minimum atomic E-state index is 0.720. The summed E-state index contributed by atoms with van der Waals surface area (Å²) in [5.74, 6) is 0. The Balaban J connectivity index is 2.10. The van der Waals surface area contributed by atoms with Crippen molar-refractivity contribution >= 4 is 0 Å². The predicted molar refractivity (Wildman–Crippen MR) is 58.0 cm³/mol. The normalized spacial score (nSPS) is 24.5. The second-order valence-electron chi connectivity index (χ2n) is 4.38. The largest absolute Gasteiger partial charge is 0.313 e. The lowest BCUT2D eigenvalue weighted by molar-refractivity contribution is 0.268. The minimum absolute atomic E-state index is 0.720. The van der Waals surface area contributed by atoms with Gasteiger partial charge in [-0.15, -0.1) is 0 Å². The van der Waals surface area contributed by atoms with Gasteiger partial charge >= 0.3 is 0 Å². The second kappa shape index (κ2) is 5.61. The van der Waals surface area contributed by atoms with Gasteiger partial charge in [0, 0.05) is 18.6 Å². The van der Waals surface area contributed by atoms with Crippen LogP contribution in [0.25, 0.3) is 0 Å². The molecule has 0 bridgehead atoms. The molecule has 1 aliphatic heterocycles. The minimum Gasteiger partial charge on any atom is -0.313 e. The van der Waals surface area contributed by atoms with E-state index in [9.17, 15) is 0 Å². The van der Waals surface area contributed by atoms with Gasteiger partial charge in [-0.2, -0.15) is 0 Å². The number of unbranched alkanes of at least 4 members (excludes halogenated alkanes) is 1. The number of rotatable bonds is 5. The van der Waals surface area contributed by atoms with Crippen LogP contribution in [0.15, 0.2) is 0 Å². The second-order valence-corrected chi connectivity index (χ2v) is 4.38. The maximum Gasteiger partial charge on any atom is 0.0207 e. The first-order valence-corrected chi connectivity index (χ1v) is 5.71. The molecule has 13 heavy (non-hydrogen) atoms. The lowest BCUT2D eigenvalue weighted by atomic mass is 10.2. The Kier molecular flexibility index (Phi) is 4.74. The molecule has 1 atom stereocenters. The number of likely N-dealkylation sites (tertiary alicyclic amines) is 1. The summed E-state index contributed by atoms with van der Waals surface area (Å²) in [7, 11) is 0. The quantitative estimate of drug-likeness (QED) is 0.656. The van der Waals surface area contributed by atoms with Crippen LogP contribution in [-0.4, -0.2) is 36.6 Å². The van der Waals surface area contributed by atoms with Crippen molar-refractivity contribution in [3.8, 4) is 0 Å². The van der Waals surface area contributed by atoms with Crippen molar-refractivity contribution in [2.75, 3.05) is 19.6 Å². The third-order valence-electron chi connectivity index (χ3n) is 2.91. The van der Waals surface area contributed by atoms with Gasteiger partial charge in [0.25, 0.3) is 0 Å². The summed E-state index contributed by atoms with van der Waals surface area (Å²) in [4.78, 5) is 2.56. The molecule has 2 heteroatoms. The van der Waals surface area contributed by atoms with Crippen LogP contribution in [0.4, 0.5) is 0 Å². The van der Waals surface area contributed by atoms with E-state index < -0.39 is 0 Å². The third-order valence-corrected chi connectivity index (χ3v) is 2.91. The van der Waals surface area contributed by atoms with Gasteiger partial charge in [0.2, 0.25) is 0 Å². The fraction of sp³-hybridized carbons (Fsp3) is 1.00. The highest BCUT2D eigenvalue weighted by Gasteiger charge is 2.22. The Morgan fingerprint density at radius 1 is 1.46 bits per heavy atom. The fourth-order valence-corrected chi connectivity index (χ4v) is 1.91. The Morgan fingerprint density at radius 2 is 2.23 bits per heavy atom. The molecule has 0 radical (unpaired) electrons. The number of nitrogens with zero attached hydrogens (tertiary/aromatic N) is 1. The lowest BCUT2D eigenvalue weighted by Gasteiger charge is -2.20. The molecule has 0 aromatic carbocycles. The van der Waals surface area contributed by atoms with Crippen molar-refractivity contribution < 1.29 is 0 Å². The van der Waals surface area contributed by atoms with Crippen LogP contribution in [0.5, 0.6) is 0 Å². The van der Waals surface area contributed by atoms with E-state index in [2.05, 4.69) is 31.0 Å². The fourth-order valence-electron chi connectivity index (χ4n) is 1.91. The molecule has 78 valence electrons. The molecule has 1 saturated heterocycles. The van der Waals surface area contributed by atoms with E-state index in [1.54, 1.807) is 0 Å². The molecule has 1 rings (SSSR count). The van der Waals surface area contributed by atoms with Crippen LogP contribution in [0, 0.1) is 0 Å². The molecule has 0 saturated carbocycles. The molecule has 1 aliphatic rings. The highest BCUT2D eigenvalue weighted by molar-refractivity contribution is 4.82. The molecule has 1 fully saturated rings. The van der Waals surface area contributed by atoms with Crippen LogP contribution in [0.1, 0.15) is 40.0 Å². The van der Waals surface area contributed by atoms with E-state index in [0.717, 1.165) is 12.1 Å². The van der Waals surface area contributed by atoms with Gasteiger partial charge in [0.15, 0.2) is 0 Å². The van der Waals surface area contributed by atoms with Crippen LogP contribution in [0.3, 0.4) is 0 Å². The SMILES string of the molecule is CCCCNC1CCN(C(C)C)C1. The monoisotopic (exact) mass is 184 g/mol. The molecule has 1 unspecified atom stereocenters. The summed E-state index contributed by atoms with van der Waals surface area (Å²) in [6.07, 6.45) is 3.95. The Labute approximate surface area is 82.7 Å². The van der Waals surface area contributed by atoms with Crippen LogP contribution in [-0.2, 0) is 0 Å². The maximum absolute atomic E-state index is 3.63. The first-order chi connectivity index (χ1) is 6.24. The zero-order valence-corrected chi connectivity index (χ0v) is 9.34. The highest BCUT2D eigenvalue weighted by Crippen LogP contribution is 2.11. The summed E-state index contributed by atoms with van der Waals surface area (Å²) in [6, 6.07) is 1.48. The van der Waals surface area contributed by atoms with Crippen molar-refractivity contribution in [3.63, 3.8) is 0 Å². The van der Waals surface area contributed by atoms with Crippen molar-refractivity contribution in [1.29, 1.82) is 0 Å². The molecule has 2 nitrogen and oxygen atoms in total. The molecule has 0 spiro atoms. The van der Waals surface area contributed by atoms with Crippen LogP contribution in [0.2, 0.25) is 0 Å². The van der Waals surface area contributed by atoms with E-state index >= 15 is 0 Å². The number of hydrogen-bond acceptors (Lipinski definition) is 2. The average molecular weight is 184 g/mol.